The number of imidazole rings is 1. The lowest BCUT2D eigenvalue weighted by atomic mass is 10.2. The summed E-state index contributed by atoms with van der Waals surface area (Å²) in [4.78, 5) is 7.56. The van der Waals surface area contributed by atoms with Crippen LogP contribution in [0.2, 0.25) is 10.0 Å². The molecule has 0 radical (unpaired) electrons. The number of nitrogens with one attached hydrogen (secondary N) is 2. The number of nitrogens with two attached hydrogens (primary N) is 1. The molecule has 2 aromatic carbocycles. The van der Waals surface area contributed by atoms with E-state index in [0.717, 1.165) is 16.6 Å². The van der Waals surface area contributed by atoms with Crippen LogP contribution in [0, 0.1) is 6.92 Å². The minimum absolute atomic E-state index is 0.590. The van der Waals surface area contributed by atoms with Crippen molar-refractivity contribution in [2.24, 2.45) is 0 Å². The van der Waals surface area contributed by atoms with Crippen LogP contribution in [0.3, 0.4) is 0 Å². The molecule has 102 valence electrons. The first kappa shape index (κ1) is 13.1. The summed E-state index contributed by atoms with van der Waals surface area (Å²) in [5, 5.41) is 4.37. The van der Waals surface area contributed by atoms with E-state index < -0.39 is 0 Å². The van der Waals surface area contributed by atoms with Crippen molar-refractivity contribution in [3.63, 3.8) is 0 Å². The van der Waals surface area contributed by atoms with Gasteiger partial charge in [-0.15, -0.1) is 0 Å². The fraction of sp³-hybridized carbons (Fsp3) is 0.0714. The zero-order valence-electron chi connectivity index (χ0n) is 10.7. The number of halogens is 2. The second-order valence-electron chi connectivity index (χ2n) is 4.57. The third-order valence-electron chi connectivity index (χ3n) is 3.01. The Bertz CT molecular complexity index is 795. The van der Waals surface area contributed by atoms with Crippen molar-refractivity contribution in [2.45, 2.75) is 6.92 Å². The Morgan fingerprint density at radius 3 is 2.75 bits per heavy atom. The van der Waals surface area contributed by atoms with Crippen LogP contribution in [-0.2, 0) is 0 Å². The lowest BCUT2D eigenvalue weighted by Crippen LogP contribution is -1.94. The quantitative estimate of drug-likeness (QED) is 0.610. The number of nitrogen functional groups attached to an aromatic ring is 1. The van der Waals surface area contributed by atoms with Crippen molar-refractivity contribution in [1.29, 1.82) is 0 Å². The third-order valence-corrected chi connectivity index (χ3v) is 3.73. The minimum Gasteiger partial charge on any atom is -0.399 e. The van der Waals surface area contributed by atoms with Crippen LogP contribution >= 0.6 is 23.2 Å². The van der Waals surface area contributed by atoms with E-state index in [2.05, 4.69) is 15.3 Å². The predicted octanol–water partition coefficient (Wildman–Crippen LogP) is 4.50. The molecule has 0 fully saturated rings. The summed E-state index contributed by atoms with van der Waals surface area (Å²) >= 11 is 12.3. The zero-order chi connectivity index (χ0) is 14.3. The fourth-order valence-corrected chi connectivity index (χ4v) is 2.39. The number of H-pyrrole nitrogens is 1. The molecule has 20 heavy (non-hydrogen) atoms. The van der Waals surface area contributed by atoms with Crippen LogP contribution in [-0.4, -0.2) is 9.97 Å². The van der Waals surface area contributed by atoms with Crippen LogP contribution in [0.1, 0.15) is 5.56 Å². The Kier molecular flexibility index (Phi) is 3.20. The van der Waals surface area contributed by atoms with E-state index in [9.17, 15) is 0 Å². The number of anilines is 3. The summed E-state index contributed by atoms with van der Waals surface area (Å²) in [5.41, 5.74) is 9.75. The summed E-state index contributed by atoms with van der Waals surface area (Å²) in [7, 11) is 0. The molecule has 0 atom stereocenters. The van der Waals surface area contributed by atoms with Crippen molar-refractivity contribution in [1.82, 2.24) is 9.97 Å². The molecule has 0 amide bonds. The number of fused-ring (bicyclic) bond motifs is 1. The molecule has 0 unspecified atom stereocenters. The van der Waals surface area contributed by atoms with Crippen LogP contribution in [0.5, 0.6) is 0 Å². The van der Waals surface area contributed by atoms with Crippen LogP contribution in [0.15, 0.2) is 30.3 Å². The Hall–Kier alpha value is -1.91. The maximum absolute atomic E-state index is 6.19. The molecule has 0 bridgehead atoms. The van der Waals surface area contributed by atoms with Crippen molar-refractivity contribution < 1.29 is 0 Å². The van der Waals surface area contributed by atoms with Gasteiger partial charge in [0.2, 0.25) is 5.95 Å². The Morgan fingerprint density at radius 1 is 1.15 bits per heavy atom. The minimum atomic E-state index is 0.590. The standard InChI is InChI=1S/C14H12Cl2N4/c1-7-4-10(16)12(6-9(7)15)19-14-18-11-3-2-8(17)5-13(11)20-14/h2-6H,17H2,1H3,(H2,18,19,20). The topological polar surface area (TPSA) is 66.7 Å². The molecular weight excluding hydrogens is 295 g/mol. The highest BCUT2D eigenvalue weighted by Crippen LogP contribution is 2.31. The molecule has 0 aliphatic rings. The molecule has 1 heterocycles. The first-order valence-corrected chi connectivity index (χ1v) is 6.76. The number of aromatic amines is 1. The normalized spacial score (nSPS) is 10.9. The molecule has 0 saturated carbocycles. The van der Waals surface area contributed by atoms with Gasteiger partial charge in [-0.1, -0.05) is 23.2 Å². The average Bonchev–Trinajstić information content (AvgIpc) is 2.77. The Morgan fingerprint density at radius 2 is 1.95 bits per heavy atom. The van der Waals surface area contributed by atoms with E-state index in [4.69, 9.17) is 28.9 Å². The largest absolute Gasteiger partial charge is 0.399 e. The number of rotatable bonds is 2. The van der Waals surface area contributed by atoms with Gasteiger partial charge in [-0.05, 0) is 42.8 Å². The highest BCUT2D eigenvalue weighted by Gasteiger charge is 2.08. The van der Waals surface area contributed by atoms with E-state index in [1.807, 2.05) is 31.2 Å². The molecule has 6 heteroatoms. The second-order valence-corrected chi connectivity index (χ2v) is 5.38. The van der Waals surface area contributed by atoms with Gasteiger partial charge >= 0.3 is 0 Å². The molecule has 0 spiro atoms. The van der Waals surface area contributed by atoms with Gasteiger partial charge in [0.1, 0.15) is 0 Å². The fourth-order valence-electron chi connectivity index (χ4n) is 1.96. The zero-order valence-corrected chi connectivity index (χ0v) is 12.2. The van der Waals surface area contributed by atoms with Crippen LogP contribution < -0.4 is 11.1 Å². The van der Waals surface area contributed by atoms with Gasteiger partial charge in [-0.25, -0.2) is 4.98 Å². The molecule has 1 aromatic heterocycles. The second kappa shape index (κ2) is 4.89. The monoisotopic (exact) mass is 306 g/mol. The summed E-state index contributed by atoms with van der Waals surface area (Å²) in [6.45, 7) is 1.90. The number of aryl methyl sites for hydroxylation is 1. The van der Waals surface area contributed by atoms with E-state index in [-0.39, 0.29) is 0 Å². The molecular formula is C14H12Cl2N4. The number of aromatic nitrogens is 2. The summed E-state index contributed by atoms with van der Waals surface area (Å²) < 4.78 is 0. The molecule has 0 saturated heterocycles. The lowest BCUT2D eigenvalue weighted by Gasteiger charge is -2.07. The van der Waals surface area contributed by atoms with Crippen molar-refractivity contribution >= 4 is 51.6 Å². The maximum atomic E-state index is 6.19. The third kappa shape index (κ3) is 2.40. The highest BCUT2D eigenvalue weighted by atomic mass is 35.5. The highest BCUT2D eigenvalue weighted by molar-refractivity contribution is 6.35. The van der Waals surface area contributed by atoms with Crippen molar-refractivity contribution in [3.05, 3.63) is 45.9 Å². The maximum Gasteiger partial charge on any atom is 0.205 e. The molecule has 4 N–H and O–H groups in total. The van der Waals surface area contributed by atoms with Crippen LogP contribution in [0.25, 0.3) is 11.0 Å². The van der Waals surface area contributed by atoms with Gasteiger partial charge in [0, 0.05) is 10.7 Å². The molecule has 4 nitrogen and oxygen atoms in total. The number of benzene rings is 2. The van der Waals surface area contributed by atoms with Gasteiger partial charge in [-0.3, -0.25) is 0 Å². The molecule has 3 rings (SSSR count). The van der Waals surface area contributed by atoms with Gasteiger partial charge in [0.15, 0.2) is 0 Å². The number of hydrogen-bond acceptors (Lipinski definition) is 3. The summed E-state index contributed by atoms with van der Waals surface area (Å²) in [6.07, 6.45) is 0. The van der Waals surface area contributed by atoms with Crippen molar-refractivity contribution in [3.8, 4) is 0 Å². The summed E-state index contributed by atoms with van der Waals surface area (Å²) in [5.74, 6) is 0.590. The van der Waals surface area contributed by atoms with E-state index in [0.29, 0.717) is 27.4 Å². The average molecular weight is 307 g/mol. The first-order valence-electron chi connectivity index (χ1n) is 6.01. The van der Waals surface area contributed by atoms with E-state index >= 15 is 0 Å². The van der Waals surface area contributed by atoms with E-state index in [1.54, 1.807) is 6.07 Å². The number of hydrogen-bond donors (Lipinski definition) is 3. The van der Waals surface area contributed by atoms with Crippen LogP contribution in [0.4, 0.5) is 17.3 Å². The van der Waals surface area contributed by atoms with Gasteiger partial charge in [0.25, 0.3) is 0 Å². The molecule has 3 aromatic rings. The smallest absolute Gasteiger partial charge is 0.205 e. The Labute approximate surface area is 125 Å². The SMILES string of the molecule is Cc1cc(Cl)c(Nc2nc3ccc(N)cc3[nH]2)cc1Cl. The Balaban J connectivity index is 1.99. The number of nitrogens with zero attached hydrogens (tertiary/aromatic N) is 1. The van der Waals surface area contributed by atoms with Gasteiger partial charge in [0.05, 0.1) is 21.7 Å². The van der Waals surface area contributed by atoms with Gasteiger partial charge < -0.3 is 16.0 Å². The molecule has 0 aliphatic carbocycles. The molecule has 0 aliphatic heterocycles. The lowest BCUT2D eigenvalue weighted by molar-refractivity contribution is 1.31. The van der Waals surface area contributed by atoms with E-state index in [1.165, 1.54) is 0 Å². The first-order chi connectivity index (χ1) is 9.52. The van der Waals surface area contributed by atoms with Gasteiger partial charge in [-0.2, -0.15) is 0 Å². The van der Waals surface area contributed by atoms with Crippen molar-refractivity contribution in [2.75, 3.05) is 11.1 Å². The summed E-state index contributed by atoms with van der Waals surface area (Å²) in [6, 6.07) is 9.09. The predicted molar refractivity (Wildman–Crippen MR) is 85.0 cm³/mol.